The molecular formula is C13H25N3O2. The number of ether oxygens (including phenoxy) is 1. The highest BCUT2D eigenvalue weighted by atomic mass is 16.5. The molecule has 0 radical (unpaired) electrons. The molecule has 5 nitrogen and oxygen atoms in total. The predicted molar refractivity (Wildman–Crippen MR) is 70.5 cm³/mol. The number of carbonyl (C=O) groups excluding carboxylic acids is 1. The number of likely N-dealkylation sites (tertiary alicyclic amines) is 1. The van der Waals surface area contributed by atoms with Crippen LogP contribution < -0.4 is 5.32 Å². The molecule has 2 fully saturated rings. The van der Waals surface area contributed by atoms with E-state index in [0.717, 1.165) is 25.4 Å². The third kappa shape index (κ3) is 3.67. The maximum atomic E-state index is 12.1. The van der Waals surface area contributed by atoms with Gasteiger partial charge in [0.1, 0.15) is 6.04 Å². The molecule has 0 aromatic rings. The zero-order chi connectivity index (χ0) is 13.0. The van der Waals surface area contributed by atoms with Crippen molar-refractivity contribution < 1.29 is 9.53 Å². The first kappa shape index (κ1) is 13.8. The van der Waals surface area contributed by atoms with Gasteiger partial charge in [-0.15, -0.1) is 0 Å². The SMILES string of the molecule is CN1CCC(CCN(C)C(=O)C2COCCN2)C1. The molecule has 5 heteroatoms. The quantitative estimate of drug-likeness (QED) is 0.754. The van der Waals surface area contributed by atoms with Crippen molar-refractivity contribution in [1.29, 1.82) is 0 Å². The number of nitrogens with one attached hydrogen (secondary N) is 1. The summed E-state index contributed by atoms with van der Waals surface area (Å²) in [6, 6.07) is -0.144. The lowest BCUT2D eigenvalue weighted by atomic mass is 10.0. The highest BCUT2D eigenvalue weighted by Gasteiger charge is 2.25. The molecule has 0 saturated carbocycles. The summed E-state index contributed by atoms with van der Waals surface area (Å²) >= 11 is 0. The number of likely N-dealkylation sites (N-methyl/N-ethyl adjacent to an activating group) is 1. The Hall–Kier alpha value is -0.650. The minimum atomic E-state index is -0.144. The Bertz CT molecular complexity index is 279. The first-order chi connectivity index (χ1) is 8.66. The molecule has 0 spiro atoms. The van der Waals surface area contributed by atoms with E-state index < -0.39 is 0 Å². The van der Waals surface area contributed by atoms with E-state index in [4.69, 9.17) is 4.74 Å². The van der Waals surface area contributed by atoms with Crippen molar-refractivity contribution >= 4 is 5.91 Å². The van der Waals surface area contributed by atoms with Crippen LogP contribution in [-0.4, -0.2) is 75.2 Å². The number of hydrogen-bond donors (Lipinski definition) is 1. The summed E-state index contributed by atoms with van der Waals surface area (Å²) < 4.78 is 5.33. The number of nitrogens with zero attached hydrogens (tertiary/aromatic N) is 2. The van der Waals surface area contributed by atoms with Gasteiger partial charge in [-0.25, -0.2) is 0 Å². The number of morpholine rings is 1. The topological polar surface area (TPSA) is 44.8 Å². The Kier molecular flexibility index (Phi) is 4.97. The number of rotatable bonds is 4. The third-order valence-corrected chi connectivity index (χ3v) is 3.96. The maximum Gasteiger partial charge on any atom is 0.241 e. The second kappa shape index (κ2) is 6.50. The zero-order valence-electron chi connectivity index (χ0n) is 11.5. The van der Waals surface area contributed by atoms with Crippen LogP contribution in [0.4, 0.5) is 0 Å². The summed E-state index contributed by atoms with van der Waals surface area (Å²) in [6.07, 6.45) is 2.38. The van der Waals surface area contributed by atoms with Crippen LogP contribution in [0.2, 0.25) is 0 Å². The van der Waals surface area contributed by atoms with Crippen LogP contribution >= 0.6 is 0 Å². The summed E-state index contributed by atoms with van der Waals surface area (Å²) in [5.74, 6) is 0.918. The second-order valence-corrected chi connectivity index (χ2v) is 5.55. The second-order valence-electron chi connectivity index (χ2n) is 5.55. The molecule has 2 heterocycles. The molecule has 1 N–H and O–H groups in total. The Morgan fingerprint density at radius 2 is 2.39 bits per heavy atom. The fraction of sp³-hybridized carbons (Fsp3) is 0.923. The standard InChI is InChI=1S/C13H25N3O2/c1-15-6-3-11(9-15)4-7-16(2)13(17)12-10-18-8-5-14-12/h11-12,14H,3-10H2,1-2H3. The lowest BCUT2D eigenvalue weighted by molar-refractivity contribution is -0.135. The van der Waals surface area contributed by atoms with Crippen molar-refractivity contribution in [2.45, 2.75) is 18.9 Å². The maximum absolute atomic E-state index is 12.1. The lowest BCUT2D eigenvalue weighted by Crippen LogP contribution is -2.51. The van der Waals surface area contributed by atoms with E-state index in [1.165, 1.54) is 19.5 Å². The molecule has 2 saturated heterocycles. The van der Waals surface area contributed by atoms with Crippen molar-refractivity contribution in [2.75, 3.05) is 53.5 Å². The summed E-state index contributed by atoms with van der Waals surface area (Å²) in [5.41, 5.74) is 0. The van der Waals surface area contributed by atoms with Crippen molar-refractivity contribution in [3.8, 4) is 0 Å². The van der Waals surface area contributed by atoms with Crippen molar-refractivity contribution in [3.05, 3.63) is 0 Å². The molecule has 2 aliphatic rings. The molecule has 2 unspecified atom stereocenters. The summed E-state index contributed by atoms with van der Waals surface area (Å²) in [6.45, 7) is 5.22. The molecule has 2 rings (SSSR count). The minimum Gasteiger partial charge on any atom is -0.378 e. The van der Waals surface area contributed by atoms with Crippen LogP contribution in [0.25, 0.3) is 0 Å². The Labute approximate surface area is 109 Å². The van der Waals surface area contributed by atoms with Crippen molar-refractivity contribution in [3.63, 3.8) is 0 Å². The molecule has 104 valence electrons. The molecule has 0 bridgehead atoms. The Balaban J connectivity index is 1.70. The Morgan fingerprint density at radius 3 is 3.00 bits per heavy atom. The summed E-state index contributed by atoms with van der Waals surface area (Å²) in [4.78, 5) is 16.4. The minimum absolute atomic E-state index is 0.144. The first-order valence-corrected chi connectivity index (χ1v) is 6.91. The predicted octanol–water partition coefficient (Wildman–Crippen LogP) is -0.225. The van der Waals surface area contributed by atoms with Gasteiger partial charge >= 0.3 is 0 Å². The zero-order valence-corrected chi connectivity index (χ0v) is 11.5. The number of hydrogen-bond acceptors (Lipinski definition) is 4. The van der Waals surface area contributed by atoms with Crippen LogP contribution in [0.5, 0.6) is 0 Å². The van der Waals surface area contributed by atoms with Gasteiger partial charge in [0.2, 0.25) is 5.91 Å². The van der Waals surface area contributed by atoms with Gasteiger partial charge in [0.15, 0.2) is 0 Å². The lowest BCUT2D eigenvalue weighted by Gasteiger charge is -2.28. The molecule has 18 heavy (non-hydrogen) atoms. The van der Waals surface area contributed by atoms with E-state index in [1.54, 1.807) is 0 Å². The van der Waals surface area contributed by atoms with Crippen LogP contribution in [0.15, 0.2) is 0 Å². The molecule has 2 atom stereocenters. The highest BCUT2D eigenvalue weighted by Crippen LogP contribution is 2.18. The molecular weight excluding hydrogens is 230 g/mol. The number of amides is 1. The van der Waals surface area contributed by atoms with Gasteiger partial charge in [0.25, 0.3) is 0 Å². The molecule has 0 aromatic carbocycles. The van der Waals surface area contributed by atoms with Gasteiger partial charge in [-0.1, -0.05) is 0 Å². The molecule has 1 amide bonds. The first-order valence-electron chi connectivity index (χ1n) is 6.91. The van der Waals surface area contributed by atoms with Crippen molar-refractivity contribution in [1.82, 2.24) is 15.1 Å². The van der Waals surface area contributed by atoms with E-state index in [-0.39, 0.29) is 11.9 Å². The monoisotopic (exact) mass is 255 g/mol. The summed E-state index contributed by atoms with van der Waals surface area (Å²) in [5, 5.41) is 3.21. The van der Waals surface area contributed by atoms with Gasteiger partial charge in [-0.3, -0.25) is 4.79 Å². The molecule has 0 aromatic heterocycles. The largest absolute Gasteiger partial charge is 0.378 e. The average Bonchev–Trinajstić information content (AvgIpc) is 2.82. The van der Waals surface area contributed by atoms with E-state index >= 15 is 0 Å². The smallest absolute Gasteiger partial charge is 0.241 e. The Morgan fingerprint density at radius 1 is 1.56 bits per heavy atom. The normalized spacial score (nSPS) is 29.4. The molecule has 0 aliphatic carbocycles. The molecule has 2 aliphatic heterocycles. The highest BCUT2D eigenvalue weighted by molar-refractivity contribution is 5.81. The average molecular weight is 255 g/mol. The third-order valence-electron chi connectivity index (χ3n) is 3.96. The van der Waals surface area contributed by atoms with Gasteiger partial charge < -0.3 is 19.9 Å². The van der Waals surface area contributed by atoms with E-state index in [0.29, 0.717) is 13.2 Å². The van der Waals surface area contributed by atoms with Crippen LogP contribution in [-0.2, 0) is 9.53 Å². The van der Waals surface area contributed by atoms with Gasteiger partial charge in [0, 0.05) is 26.7 Å². The summed E-state index contributed by atoms with van der Waals surface area (Å²) in [7, 11) is 4.06. The van der Waals surface area contributed by atoms with Crippen LogP contribution in [0.3, 0.4) is 0 Å². The van der Waals surface area contributed by atoms with E-state index in [2.05, 4.69) is 17.3 Å². The van der Waals surface area contributed by atoms with Crippen LogP contribution in [0, 0.1) is 5.92 Å². The fourth-order valence-electron chi connectivity index (χ4n) is 2.74. The van der Waals surface area contributed by atoms with Crippen molar-refractivity contribution in [2.24, 2.45) is 5.92 Å². The van der Waals surface area contributed by atoms with Gasteiger partial charge in [-0.05, 0) is 32.4 Å². The van der Waals surface area contributed by atoms with E-state index in [9.17, 15) is 4.79 Å². The van der Waals surface area contributed by atoms with Gasteiger partial charge in [-0.2, -0.15) is 0 Å². The number of carbonyl (C=O) groups is 1. The fourth-order valence-corrected chi connectivity index (χ4v) is 2.74. The van der Waals surface area contributed by atoms with Crippen LogP contribution in [0.1, 0.15) is 12.8 Å². The van der Waals surface area contributed by atoms with Gasteiger partial charge in [0.05, 0.1) is 13.2 Å². The van der Waals surface area contributed by atoms with E-state index in [1.807, 2.05) is 11.9 Å².